The Morgan fingerprint density at radius 3 is 2.41 bits per heavy atom. The predicted octanol–water partition coefficient (Wildman–Crippen LogP) is 3.75. The van der Waals surface area contributed by atoms with Gasteiger partial charge in [-0.2, -0.15) is 5.10 Å². The van der Waals surface area contributed by atoms with E-state index in [0.717, 1.165) is 16.7 Å². The first-order valence-corrected chi connectivity index (χ1v) is 11.7. The van der Waals surface area contributed by atoms with Crippen LogP contribution in [0.3, 0.4) is 0 Å². The van der Waals surface area contributed by atoms with Crippen LogP contribution in [0.1, 0.15) is 22.3 Å². The number of amides is 3. The van der Waals surface area contributed by atoms with Gasteiger partial charge in [-0.05, 0) is 66.9 Å². The van der Waals surface area contributed by atoms with Crippen molar-refractivity contribution < 1.29 is 23.9 Å². The summed E-state index contributed by atoms with van der Waals surface area (Å²) in [5.41, 5.74) is 6.30. The lowest BCUT2D eigenvalue weighted by Crippen LogP contribution is -2.37. The quantitative estimate of drug-likeness (QED) is 0.225. The van der Waals surface area contributed by atoms with Crippen molar-refractivity contribution >= 4 is 41.2 Å². The summed E-state index contributed by atoms with van der Waals surface area (Å²) in [5.74, 6) is -1.04. The Balaban J connectivity index is 1.45. The maximum atomic E-state index is 12.2. The van der Waals surface area contributed by atoms with E-state index >= 15 is 0 Å². The molecule has 3 aromatic rings. The lowest BCUT2D eigenvalue weighted by molar-refractivity contribution is -0.139. The topological polar surface area (TPSA) is 118 Å². The third-order valence-corrected chi connectivity index (χ3v) is 5.46. The number of carbonyl (C=O) groups excluding carboxylic acids is 3. The third-order valence-electron chi connectivity index (χ3n) is 5.17. The molecule has 0 bridgehead atoms. The highest BCUT2D eigenvalue weighted by molar-refractivity contribution is 6.35. The fourth-order valence-corrected chi connectivity index (χ4v) is 3.46. The Morgan fingerprint density at radius 1 is 0.973 bits per heavy atom. The zero-order valence-corrected chi connectivity index (χ0v) is 21.4. The SMILES string of the molecule is COc1ccc(CNC(=O)C(=O)N/N=C\c2ccc(OCC(=O)Nc3ccc(C)cc3C)c(Cl)c2)cc1. The van der Waals surface area contributed by atoms with Crippen molar-refractivity contribution in [2.24, 2.45) is 5.10 Å². The third kappa shape index (κ3) is 8.36. The molecule has 3 N–H and O–H groups in total. The zero-order chi connectivity index (χ0) is 26.8. The highest BCUT2D eigenvalue weighted by atomic mass is 35.5. The lowest BCUT2D eigenvalue weighted by Gasteiger charge is -2.11. The number of rotatable bonds is 9. The van der Waals surface area contributed by atoms with Gasteiger partial charge in [-0.25, -0.2) is 5.43 Å². The molecule has 3 aromatic carbocycles. The number of hydrogen-bond acceptors (Lipinski definition) is 6. The number of methoxy groups -OCH3 is 1. The van der Waals surface area contributed by atoms with Gasteiger partial charge in [0, 0.05) is 12.2 Å². The molecule has 3 amide bonds. The van der Waals surface area contributed by atoms with E-state index in [0.29, 0.717) is 22.7 Å². The van der Waals surface area contributed by atoms with E-state index in [2.05, 4.69) is 21.2 Å². The van der Waals surface area contributed by atoms with Crippen molar-refractivity contribution in [2.45, 2.75) is 20.4 Å². The van der Waals surface area contributed by atoms with Gasteiger partial charge in [0.2, 0.25) is 0 Å². The fraction of sp³-hybridized carbons (Fsp3) is 0.185. The van der Waals surface area contributed by atoms with Gasteiger partial charge in [-0.15, -0.1) is 0 Å². The molecule has 0 unspecified atom stereocenters. The smallest absolute Gasteiger partial charge is 0.329 e. The van der Waals surface area contributed by atoms with Crippen molar-refractivity contribution in [2.75, 3.05) is 19.0 Å². The molecule has 0 aliphatic carbocycles. The van der Waals surface area contributed by atoms with Crippen LogP contribution in [0.4, 0.5) is 5.69 Å². The number of aryl methyl sites for hydroxylation is 2. The molecule has 192 valence electrons. The Hall–Kier alpha value is -4.37. The first-order chi connectivity index (χ1) is 17.7. The van der Waals surface area contributed by atoms with Crippen LogP contribution in [-0.4, -0.2) is 37.7 Å². The van der Waals surface area contributed by atoms with Gasteiger partial charge in [0.05, 0.1) is 18.3 Å². The average molecular weight is 523 g/mol. The number of ether oxygens (including phenoxy) is 2. The number of carbonyl (C=O) groups is 3. The van der Waals surface area contributed by atoms with Crippen molar-refractivity contribution in [3.8, 4) is 11.5 Å². The molecule has 9 nitrogen and oxygen atoms in total. The molecule has 0 atom stereocenters. The standard InChI is InChI=1S/C27H27ClN4O5/c1-17-4-10-23(18(2)12-17)31-25(33)16-37-24-11-7-20(13-22(24)28)15-30-32-27(35)26(34)29-14-19-5-8-21(36-3)9-6-19/h4-13,15H,14,16H2,1-3H3,(H,29,34)(H,31,33)(H,32,35)/b30-15-. The summed E-state index contributed by atoms with van der Waals surface area (Å²) in [4.78, 5) is 36.2. The predicted molar refractivity (Wildman–Crippen MR) is 142 cm³/mol. The average Bonchev–Trinajstić information content (AvgIpc) is 2.88. The van der Waals surface area contributed by atoms with Gasteiger partial charge in [0.15, 0.2) is 6.61 Å². The van der Waals surface area contributed by atoms with E-state index in [1.54, 1.807) is 49.6 Å². The Morgan fingerprint density at radius 2 is 1.73 bits per heavy atom. The first kappa shape index (κ1) is 27.2. The lowest BCUT2D eigenvalue weighted by atomic mass is 10.1. The molecule has 0 spiro atoms. The largest absolute Gasteiger partial charge is 0.497 e. The highest BCUT2D eigenvalue weighted by Crippen LogP contribution is 2.25. The summed E-state index contributed by atoms with van der Waals surface area (Å²) in [5, 5.41) is 9.35. The van der Waals surface area contributed by atoms with Crippen molar-refractivity contribution in [1.82, 2.24) is 10.7 Å². The molecule has 0 heterocycles. The molecule has 0 fully saturated rings. The Kier molecular flexibility index (Phi) is 9.62. The van der Waals surface area contributed by atoms with Crippen molar-refractivity contribution in [3.63, 3.8) is 0 Å². The van der Waals surface area contributed by atoms with Crippen LogP contribution in [0.5, 0.6) is 11.5 Å². The fourth-order valence-electron chi connectivity index (χ4n) is 3.22. The number of benzene rings is 3. The summed E-state index contributed by atoms with van der Waals surface area (Å²) >= 11 is 6.25. The summed E-state index contributed by atoms with van der Waals surface area (Å²) in [7, 11) is 1.56. The minimum absolute atomic E-state index is 0.180. The van der Waals surface area contributed by atoms with Crippen LogP contribution in [0.25, 0.3) is 0 Å². The Bertz CT molecular complexity index is 1310. The molecule has 3 rings (SSSR count). The number of anilines is 1. The summed E-state index contributed by atoms with van der Waals surface area (Å²) < 4.78 is 10.6. The van der Waals surface area contributed by atoms with E-state index in [9.17, 15) is 14.4 Å². The van der Waals surface area contributed by atoms with Gasteiger partial charge < -0.3 is 20.1 Å². The molecular weight excluding hydrogens is 496 g/mol. The van der Waals surface area contributed by atoms with Crippen molar-refractivity contribution in [1.29, 1.82) is 0 Å². The summed E-state index contributed by atoms with van der Waals surface area (Å²) in [6.45, 7) is 3.86. The molecule has 0 radical (unpaired) electrons. The molecular formula is C27H27ClN4O5. The summed E-state index contributed by atoms with van der Waals surface area (Å²) in [6.07, 6.45) is 1.33. The van der Waals surface area contributed by atoms with Crippen LogP contribution in [0.2, 0.25) is 5.02 Å². The number of nitrogens with one attached hydrogen (secondary N) is 3. The molecule has 37 heavy (non-hydrogen) atoms. The van der Waals surface area contributed by atoms with Gasteiger partial charge in [-0.1, -0.05) is 41.4 Å². The molecule has 10 heteroatoms. The number of hydrazone groups is 1. The first-order valence-electron chi connectivity index (χ1n) is 11.3. The van der Waals surface area contributed by atoms with Crippen LogP contribution in [0.15, 0.2) is 65.8 Å². The van der Waals surface area contributed by atoms with E-state index in [-0.39, 0.29) is 24.1 Å². The number of nitrogens with zero attached hydrogens (tertiary/aromatic N) is 1. The second-order valence-electron chi connectivity index (χ2n) is 8.07. The molecule has 0 saturated carbocycles. The molecule has 0 aliphatic rings. The van der Waals surface area contributed by atoms with E-state index in [4.69, 9.17) is 21.1 Å². The van der Waals surface area contributed by atoms with E-state index in [1.807, 2.05) is 32.0 Å². The van der Waals surface area contributed by atoms with Crippen LogP contribution in [-0.2, 0) is 20.9 Å². The highest BCUT2D eigenvalue weighted by Gasteiger charge is 2.12. The molecule has 0 aliphatic heterocycles. The maximum Gasteiger partial charge on any atom is 0.329 e. The van der Waals surface area contributed by atoms with Crippen LogP contribution >= 0.6 is 11.6 Å². The second-order valence-corrected chi connectivity index (χ2v) is 8.48. The van der Waals surface area contributed by atoms with E-state index < -0.39 is 11.8 Å². The normalized spacial score (nSPS) is 10.6. The minimum atomic E-state index is -0.911. The van der Waals surface area contributed by atoms with E-state index in [1.165, 1.54) is 6.21 Å². The zero-order valence-electron chi connectivity index (χ0n) is 20.6. The van der Waals surface area contributed by atoms with Crippen molar-refractivity contribution in [3.05, 3.63) is 87.9 Å². The number of hydrogen-bond donors (Lipinski definition) is 3. The monoisotopic (exact) mass is 522 g/mol. The maximum absolute atomic E-state index is 12.2. The Labute approximate surface area is 219 Å². The van der Waals surface area contributed by atoms with Gasteiger partial charge >= 0.3 is 11.8 Å². The second kappa shape index (κ2) is 13.1. The molecule has 0 aromatic heterocycles. The van der Waals surface area contributed by atoms with Gasteiger partial charge in [0.25, 0.3) is 5.91 Å². The molecule has 0 saturated heterocycles. The summed E-state index contributed by atoms with van der Waals surface area (Å²) in [6, 6.07) is 17.6. The minimum Gasteiger partial charge on any atom is -0.497 e. The van der Waals surface area contributed by atoms with Crippen LogP contribution in [0, 0.1) is 13.8 Å². The number of halogens is 1. The van der Waals surface area contributed by atoms with Gasteiger partial charge in [0.1, 0.15) is 11.5 Å². The van der Waals surface area contributed by atoms with Crippen LogP contribution < -0.4 is 25.5 Å². The van der Waals surface area contributed by atoms with Gasteiger partial charge in [-0.3, -0.25) is 14.4 Å².